The molecule has 1 aliphatic heterocycles. The second-order valence-electron chi connectivity index (χ2n) is 7.17. The smallest absolute Gasteiger partial charge is 0.255 e. The number of amides is 2. The van der Waals surface area contributed by atoms with Crippen molar-refractivity contribution in [2.24, 2.45) is 0 Å². The number of carbonyl (C=O) groups is 2. The minimum atomic E-state index is -0.467. The van der Waals surface area contributed by atoms with E-state index in [1.807, 2.05) is 19.9 Å². The summed E-state index contributed by atoms with van der Waals surface area (Å²) in [5, 5.41) is 5.76. The number of benzene rings is 2. The van der Waals surface area contributed by atoms with Crippen LogP contribution in [0.3, 0.4) is 0 Å². The van der Waals surface area contributed by atoms with Crippen LogP contribution in [0.4, 0.5) is 15.8 Å². The number of nitrogens with one attached hydrogen (secondary N) is 2. The summed E-state index contributed by atoms with van der Waals surface area (Å²) in [7, 11) is 0. The number of hydrogen-bond acceptors (Lipinski definition) is 3. The van der Waals surface area contributed by atoms with E-state index in [2.05, 4.69) is 15.5 Å². The van der Waals surface area contributed by atoms with Gasteiger partial charge >= 0.3 is 0 Å². The molecule has 28 heavy (non-hydrogen) atoms. The van der Waals surface area contributed by atoms with E-state index in [0.29, 0.717) is 11.3 Å². The highest BCUT2D eigenvalue weighted by atomic mass is 19.1. The summed E-state index contributed by atoms with van der Waals surface area (Å²) in [4.78, 5) is 27.5. The zero-order valence-corrected chi connectivity index (χ0v) is 16.3. The fourth-order valence-electron chi connectivity index (χ4n) is 3.27. The van der Waals surface area contributed by atoms with E-state index in [-0.39, 0.29) is 17.5 Å². The molecule has 1 heterocycles. The number of nitrogens with zero attached hydrogens (tertiary/aromatic N) is 1. The predicted molar refractivity (Wildman–Crippen MR) is 109 cm³/mol. The number of rotatable bonds is 6. The molecule has 148 valence electrons. The maximum Gasteiger partial charge on any atom is 0.255 e. The Bertz CT molecular complexity index is 863. The molecule has 2 aromatic carbocycles. The third kappa shape index (κ3) is 4.68. The van der Waals surface area contributed by atoms with Gasteiger partial charge < -0.3 is 15.5 Å². The van der Waals surface area contributed by atoms with Gasteiger partial charge in [-0.15, -0.1) is 0 Å². The first-order valence-electron chi connectivity index (χ1n) is 9.74. The molecule has 0 aromatic heterocycles. The summed E-state index contributed by atoms with van der Waals surface area (Å²) in [6.07, 6.45) is 3.04. The molecular formula is C22H26FN3O2. The summed E-state index contributed by atoms with van der Waals surface area (Å²) < 4.78 is 13.4. The molecule has 1 atom stereocenters. The van der Waals surface area contributed by atoms with Crippen LogP contribution in [0.5, 0.6) is 0 Å². The molecule has 0 saturated carbocycles. The lowest BCUT2D eigenvalue weighted by molar-refractivity contribution is 0.0938. The Morgan fingerprint density at radius 2 is 1.86 bits per heavy atom. The highest BCUT2D eigenvalue weighted by Crippen LogP contribution is 2.28. The summed E-state index contributed by atoms with van der Waals surface area (Å²) in [6.45, 7) is 5.81. The molecule has 1 fully saturated rings. The van der Waals surface area contributed by atoms with E-state index >= 15 is 0 Å². The molecule has 3 rings (SSSR count). The van der Waals surface area contributed by atoms with E-state index in [0.717, 1.165) is 38.0 Å². The van der Waals surface area contributed by atoms with E-state index in [4.69, 9.17) is 0 Å². The van der Waals surface area contributed by atoms with E-state index < -0.39 is 11.7 Å². The van der Waals surface area contributed by atoms with Crippen LogP contribution in [0.1, 0.15) is 53.8 Å². The van der Waals surface area contributed by atoms with Gasteiger partial charge in [0.15, 0.2) is 0 Å². The monoisotopic (exact) mass is 383 g/mol. The molecule has 6 heteroatoms. The molecule has 0 spiro atoms. The molecule has 1 saturated heterocycles. The molecule has 2 N–H and O–H groups in total. The van der Waals surface area contributed by atoms with Crippen molar-refractivity contribution in [1.29, 1.82) is 0 Å². The average molecular weight is 383 g/mol. The first kappa shape index (κ1) is 19.9. The van der Waals surface area contributed by atoms with Crippen molar-refractivity contribution in [1.82, 2.24) is 5.32 Å². The number of halogens is 1. The normalized spacial score (nSPS) is 14.6. The Labute approximate surface area is 164 Å². The Morgan fingerprint density at radius 3 is 2.54 bits per heavy atom. The van der Waals surface area contributed by atoms with Gasteiger partial charge in [0, 0.05) is 36.1 Å². The lowest BCUT2D eigenvalue weighted by Crippen LogP contribution is -2.33. The van der Waals surface area contributed by atoms with Crippen molar-refractivity contribution in [2.75, 3.05) is 23.3 Å². The van der Waals surface area contributed by atoms with Crippen LogP contribution in [0, 0.1) is 5.82 Å². The van der Waals surface area contributed by atoms with Crippen molar-refractivity contribution in [2.45, 2.75) is 39.2 Å². The second kappa shape index (κ2) is 8.87. The van der Waals surface area contributed by atoms with Crippen molar-refractivity contribution >= 4 is 23.2 Å². The summed E-state index contributed by atoms with van der Waals surface area (Å²) in [5.74, 6) is -1.04. The van der Waals surface area contributed by atoms with Crippen molar-refractivity contribution in [3.05, 3.63) is 59.4 Å². The van der Waals surface area contributed by atoms with E-state index in [1.54, 1.807) is 18.2 Å². The fraction of sp³-hybridized carbons (Fsp3) is 0.364. The molecule has 0 unspecified atom stereocenters. The SMILES string of the molecule is CC[C@H](C)NC(=O)c1cc(NC(=O)c2cccc(F)c2)ccc1N1CCCC1. The van der Waals surface area contributed by atoms with Gasteiger partial charge in [-0.2, -0.15) is 0 Å². The van der Waals surface area contributed by atoms with Gasteiger partial charge in [-0.25, -0.2) is 4.39 Å². The van der Waals surface area contributed by atoms with Crippen LogP contribution in [0.2, 0.25) is 0 Å². The highest BCUT2D eigenvalue weighted by Gasteiger charge is 2.21. The van der Waals surface area contributed by atoms with Crippen molar-refractivity contribution < 1.29 is 14.0 Å². The van der Waals surface area contributed by atoms with Gasteiger partial charge in [0.2, 0.25) is 0 Å². The fourth-order valence-corrected chi connectivity index (χ4v) is 3.27. The van der Waals surface area contributed by atoms with Crippen LogP contribution in [-0.2, 0) is 0 Å². The minimum absolute atomic E-state index is 0.0597. The standard InChI is InChI=1S/C22H26FN3O2/c1-3-15(2)24-22(28)19-14-18(9-10-20(19)26-11-4-5-12-26)25-21(27)16-7-6-8-17(23)13-16/h6-10,13-15H,3-5,11-12H2,1-2H3,(H,24,28)(H,25,27)/t15-/m0/s1. The summed E-state index contributed by atoms with van der Waals surface area (Å²) in [6, 6.07) is 10.9. The molecule has 2 amide bonds. The number of carbonyl (C=O) groups excluding carboxylic acids is 2. The lowest BCUT2D eigenvalue weighted by Gasteiger charge is -2.23. The Morgan fingerprint density at radius 1 is 1.11 bits per heavy atom. The highest BCUT2D eigenvalue weighted by molar-refractivity contribution is 6.06. The maximum atomic E-state index is 13.4. The third-order valence-corrected chi connectivity index (χ3v) is 5.02. The first-order valence-corrected chi connectivity index (χ1v) is 9.74. The summed E-state index contributed by atoms with van der Waals surface area (Å²) in [5.41, 5.74) is 2.15. The van der Waals surface area contributed by atoms with Crippen LogP contribution in [0.15, 0.2) is 42.5 Å². The quantitative estimate of drug-likeness (QED) is 0.786. The van der Waals surface area contributed by atoms with Gasteiger partial charge in [-0.1, -0.05) is 13.0 Å². The largest absolute Gasteiger partial charge is 0.371 e. The van der Waals surface area contributed by atoms with E-state index in [1.165, 1.54) is 18.2 Å². The third-order valence-electron chi connectivity index (χ3n) is 5.02. The lowest BCUT2D eigenvalue weighted by atomic mass is 10.1. The van der Waals surface area contributed by atoms with Gasteiger partial charge in [0.1, 0.15) is 5.82 Å². The zero-order chi connectivity index (χ0) is 20.1. The molecule has 0 aliphatic carbocycles. The average Bonchev–Trinajstić information content (AvgIpc) is 3.22. The van der Waals surface area contributed by atoms with Crippen LogP contribution in [-0.4, -0.2) is 30.9 Å². The minimum Gasteiger partial charge on any atom is -0.371 e. The molecule has 5 nitrogen and oxygen atoms in total. The summed E-state index contributed by atoms with van der Waals surface area (Å²) >= 11 is 0. The molecule has 0 radical (unpaired) electrons. The zero-order valence-electron chi connectivity index (χ0n) is 16.3. The predicted octanol–water partition coefficient (Wildman–Crippen LogP) is 4.21. The topological polar surface area (TPSA) is 61.4 Å². The first-order chi connectivity index (χ1) is 13.5. The van der Waals surface area contributed by atoms with Gasteiger partial charge in [-0.05, 0) is 62.6 Å². The molecule has 0 bridgehead atoms. The van der Waals surface area contributed by atoms with Gasteiger partial charge in [0.05, 0.1) is 5.56 Å². The Kier molecular flexibility index (Phi) is 6.29. The number of hydrogen-bond donors (Lipinski definition) is 2. The maximum absolute atomic E-state index is 13.4. The van der Waals surface area contributed by atoms with Crippen LogP contribution < -0.4 is 15.5 Å². The Hall–Kier alpha value is -2.89. The van der Waals surface area contributed by atoms with Crippen LogP contribution >= 0.6 is 0 Å². The second-order valence-corrected chi connectivity index (χ2v) is 7.17. The van der Waals surface area contributed by atoms with Crippen molar-refractivity contribution in [3.8, 4) is 0 Å². The molecule has 1 aliphatic rings. The molecule has 2 aromatic rings. The van der Waals surface area contributed by atoms with E-state index in [9.17, 15) is 14.0 Å². The molecular weight excluding hydrogens is 357 g/mol. The Balaban J connectivity index is 1.87. The van der Waals surface area contributed by atoms with Gasteiger partial charge in [-0.3, -0.25) is 9.59 Å². The van der Waals surface area contributed by atoms with Gasteiger partial charge in [0.25, 0.3) is 11.8 Å². The van der Waals surface area contributed by atoms with Crippen LogP contribution in [0.25, 0.3) is 0 Å². The number of anilines is 2. The van der Waals surface area contributed by atoms with Crippen molar-refractivity contribution in [3.63, 3.8) is 0 Å².